The van der Waals surface area contributed by atoms with Crippen molar-refractivity contribution in [2.75, 3.05) is 0 Å². The minimum absolute atomic E-state index is 0.00392. The number of amides is 1. The first-order chi connectivity index (χ1) is 11.9. The van der Waals surface area contributed by atoms with Crippen molar-refractivity contribution in [1.29, 1.82) is 5.26 Å². The Labute approximate surface area is 147 Å². The van der Waals surface area contributed by atoms with Gasteiger partial charge in [-0.1, -0.05) is 0 Å². The number of hydrogen-bond acceptors (Lipinski definition) is 5. The van der Waals surface area contributed by atoms with Crippen molar-refractivity contribution in [3.05, 3.63) is 52.0 Å². The molecule has 6 nitrogen and oxygen atoms in total. The molecule has 0 atom stereocenters. The monoisotopic (exact) mass is 386 g/mol. The van der Waals surface area contributed by atoms with Gasteiger partial charge in [0.1, 0.15) is 11.5 Å². The number of nitriles is 1. The van der Waals surface area contributed by atoms with Crippen molar-refractivity contribution in [1.82, 2.24) is 4.72 Å². The molecule has 1 heterocycles. The van der Waals surface area contributed by atoms with Crippen LogP contribution in [0.2, 0.25) is 0 Å². The summed E-state index contributed by atoms with van der Waals surface area (Å²) in [4.78, 5) is 11.5. The van der Waals surface area contributed by atoms with Crippen molar-refractivity contribution in [3.8, 4) is 6.07 Å². The van der Waals surface area contributed by atoms with Gasteiger partial charge in [0.25, 0.3) is 15.9 Å². The van der Waals surface area contributed by atoms with E-state index in [0.29, 0.717) is 17.4 Å². The van der Waals surface area contributed by atoms with Crippen LogP contribution in [0.5, 0.6) is 0 Å². The molecular formula is C16H13F3N2O4S. The highest BCUT2D eigenvalue weighted by Gasteiger charge is 2.35. The molecule has 0 unspecified atom stereocenters. The van der Waals surface area contributed by atoms with Crippen LogP contribution in [-0.2, 0) is 16.2 Å². The topological polar surface area (TPSA) is 100 Å². The SMILES string of the molecule is Cc1oc(C)c(C(=O)NS(=O)(=O)c2ccc(C#N)c(C(F)(F)F)c2)c1C. The van der Waals surface area contributed by atoms with E-state index >= 15 is 0 Å². The normalized spacial score (nSPS) is 11.9. The number of rotatable bonds is 3. The van der Waals surface area contributed by atoms with Crippen molar-refractivity contribution in [3.63, 3.8) is 0 Å². The lowest BCUT2D eigenvalue weighted by Crippen LogP contribution is -2.31. The molecule has 1 aromatic carbocycles. The van der Waals surface area contributed by atoms with E-state index in [1.807, 2.05) is 0 Å². The van der Waals surface area contributed by atoms with Crippen LogP contribution >= 0.6 is 0 Å². The summed E-state index contributed by atoms with van der Waals surface area (Å²) < 4.78 is 70.6. The molecule has 2 aromatic rings. The van der Waals surface area contributed by atoms with Crippen LogP contribution in [0.3, 0.4) is 0 Å². The maximum Gasteiger partial charge on any atom is 0.417 e. The minimum atomic E-state index is -4.92. The third kappa shape index (κ3) is 3.57. The molecule has 1 amide bonds. The number of alkyl halides is 3. The first-order valence-electron chi connectivity index (χ1n) is 7.13. The summed E-state index contributed by atoms with van der Waals surface area (Å²) in [5, 5.41) is 8.75. The number of benzene rings is 1. The predicted molar refractivity (Wildman–Crippen MR) is 83.7 cm³/mol. The van der Waals surface area contributed by atoms with Crippen molar-refractivity contribution in [2.24, 2.45) is 0 Å². The van der Waals surface area contributed by atoms with Gasteiger partial charge in [-0.25, -0.2) is 13.1 Å². The smallest absolute Gasteiger partial charge is 0.417 e. The van der Waals surface area contributed by atoms with Gasteiger partial charge in [0.05, 0.1) is 27.7 Å². The van der Waals surface area contributed by atoms with E-state index in [2.05, 4.69) is 0 Å². The number of carbonyl (C=O) groups excluding carboxylic acids is 1. The molecule has 1 aromatic heterocycles. The molecule has 0 aliphatic carbocycles. The zero-order valence-electron chi connectivity index (χ0n) is 13.9. The van der Waals surface area contributed by atoms with Gasteiger partial charge < -0.3 is 4.42 Å². The summed E-state index contributed by atoms with van der Waals surface area (Å²) in [7, 11) is -4.59. The van der Waals surface area contributed by atoms with E-state index in [9.17, 15) is 26.4 Å². The fraction of sp³-hybridized carbons (Fsp3) is 0.250. The van der Waals surface area contributed by atoms with Crippen molar-refractivity contribution < 1.29 is 30.8 Å². The molecule has 0 bridgehead atoms. The number of nitrogens with zero attached hydrogens (tertiary/aromatic N) is 1. The van der Waals surface area contributed by atoms with E-state index in [1.54, 1.807) is 18.6 Å². The molecule has 10 heteroatoms. The Balaban J connectivity index is 2.45. The van der Waals surface area contributed by atoms with Gasteiger partial charge in [-0.05, 0) is 39.0 Å². The molecular weight excluding hydrogens is 373 g/mol. The molecule has 0 radical (unpaired) electrons. The second-order valence-electron chi connectivity index (χ2n) is 5.47. The average Bonchev–Trinajstić information content (AvgIpc) is 2.78. The maximum absolute atomic E-state index is 13.0. The van der Waals surface area contributed by atoms with Crippen LogP contribution in [0.4, 0.5) is 13.2 Å². The Morgan fingerprint density at radius 2 is 1.81 bits per heavy atom. The number of furan rings is 1. The number of aryl methyl sites for hydroxylation is 2. The highest BCUT2D eigenvalue weighted by molar-refractivity contribution is 7.90. The lowest BCUT2D eigenvalue weighted by Gasteiger charge is -2.12. The van der Waals surface area contributed by atoms with E-state index < -0.39 is 38.1 Å². The molecule has 0 fully saturated rings. The summed E-state index contributed by atoms with van der Waals surface area (Å²) in [6.07, 6.45) is -4.92. The highest BCUT2D eigenvalue weighted by Crippen LogP contribution is 2.33. The summed E-state index contributed by atoms with van der Waals surface area (Å²) in [6.45, 7) is 4.60. The molecule has 0 spiro atoms. The van der Waals surface area contributed by atoms with Crippen LogP contribution in [0.1, 0.15) is 38.6 Å². The first-order valence-corrected chi connectivity index (χ1v) is 8.62. The Kier molecular flexibility index (Phi) is 4.88. The van der Waals surface area contributed by atoms with E-state index in [-0.39, 0.29) is 11.3 Å². The second-order valence-corrected chi connectivity index (χ2v) is 7.15. The summed E-state index contributed by atoms with van der Waals surface area (Å²) >= 11 is 0. The summed E-state index contributed by atoms with van der Waals surface area (Å²) in [6, 6.07) is 3.22. The third-order valence-corrected chi connectivity index (χ3v) is 5.07. The number of hydrogen-bond donors (Lipinski definition) is 1. The van der Waals surface area contributed by atoms with Gasteiger partial charge in [-0.3, -0.25) is 4.79 Å². The second kappa shape index (κ2) is 6.49. The van der Waals surface area contributed by atoms with Gasteiger partial charge in [-0.15, -0.1) is 0 Å². The minimum Gasteiger partial charge on any atom is -0.466 e. The summed E-state index contributed by atoms with van der Waals surface area (Å²) in [5.41, 5.74) is -1.71. The molecule has 0 aliphatic heterocycles. The Morgan fingerprint density at radius 3 is 2.27 bits per heavy atom. The summed E-state index contributed by atoms with van der Waals surface area (Å²) in [5.74, 6) is -0.416. The van der Waals surface area contributed by atoms with Crippen LogP contribution in [0, 0.1) is 32.1 Å². The predicted octanol–water partition coefficient (Wildman–Crippen LogP) is 3.21. The van der Waals surface area contributed by atoms with Crippen LogP contribution in [0.25, 0.3) is 0 Å². The van der Waals surface area contributed by atoms with Crippen molar-refractivity contribution in [2.45, 2.75) is 31.8 Å². The number of sulfonamides is 1. The highest BCUT2D eigenvalue weighted by atomic mass is 32.2. The zero-order chi connectivity index (χ0) is 19.9. The average molecular weight is 386 g/mol. The van der Waals surface area contributed by atoms with Gasteiger partial charge in [0.2, 0.25) is 0 Å². The Bertz CT molecular complexity index is 1030. The molecule has 1 N–H and O–H groups in total. The Hall–Kier alpha value is -2.80. The van der Waals surface area contributed by atoms with Gasteiger partial charge in [-0.2, -0.15) is 18.4 Å². The number of nitrogens with one attached hydrogen (secondary N) is 1. The fourth-order valence-electron chi connectivity index (χ4n) is 2.38. The Morgan fingerprint density at radius 1 is 1.19 bits per heavy atom. The lowest BCUT2D eigenvalue weighted by atomic mass is 10.1. The van der Waals surface area contributed by atoms with Crippen LogP contribution in [-0.4, -0.2) is 14.3 Å². The van der Waals surface area contributed by atoms with Gasteiger partial charge in [0, 0.05) is 5.56 Å². The molecule has 0 saturated carbocycles. The molecule has 2 rings (SSSR count). The first kappa shape index (κ1) is 19.5. The lowest BCUT2D eigenvalue weighted by molar-refractivity contribution is -0.137. The molecule has 0 aliphatic rings. The maximum atomic E-state index is 13.0. The fourth-order valence-corrected chi connectivity index (χ4v) is 3.37. The standard InChI is InChI=1S/C16H13F3N2O4S/c1-8-9(2)25-10(3)14(8)15(22)21-26(23,24)12-5-4-11(7-20)13(6-12)16(17,18)19/h4-6H,1-3H3,(H,21,22). The van der Waals surface area contributed by atoms with Crippen LogP contribution < -0.4 is 4.72 Å². The molecule has 26 heavy (non-hydrogen) atoms. The van der Waals surface area contributed by atoms with Crippen molar-refractivity contribution >= 4 is 15.9 Å². The van der Waals surface area contributed by atoms with E-state index in [1.165, 1.54) is 13.0 Å². The van der Waals surface area contributed by atoms with Gasteiger partial charge >= 0.3 is 6.18 Å². The zero-order valence-corrected chi connectivity index (χ0v) is 14.7. The number of halogens is 3. The molecule has 138 valence electrons. The van der Waals surface area contributed by atoms with Crippen LogP contribution in [0.15, 0.2) is 27.5 Å². The quantitative estimate of drug-likeness (QED) is 0.873. The molecule has 0 saturated heterocycles. The number of carbonyl (C=O) groups is 1. The largest absolute Gasteiger partial charge is 0.466 e. The van der Waals surface area contributed by atoms with E-state index in [4.69, 9.17) is 9.68 Å². The van der Waals surface area contributed by atoms with Gasteiger partial charge in [0.15, 0.2) is 0 Å². The third-order valence-electron chi connectivity index (χ3n) is 3.74. The van der Waals surface area contributed by atoms with E-state index in [0.717, 1.165) is 12.1 Å².